The largest absolute Gasteiger partial charge is 0.394 e. The van der Waals surface area contributed by atoms with E-state index in [1.807, 2.05) is 0 Å². The smallest absolute Gasteiger partial charge is 0.271 e. The van der Waals surface area contributed by atoms with Crippen molar-refractivity contribution in [3.63, 3.8) is 0 Å². The van der Waals surface area contributed by atoms with E-state index in [2.05, 4.69) is 15.3 Å². The van der Waals surface area contributed by atoms with Crippen molar-refractivity contribution in [3.05, 3.63) is 65.1 Å². The number of aromatic nitrogens is 3. The maximum absolute atomic E-state index is 15.0. The van der Waals surface area contributed by atoms with Crippen molar-refractivity contribution in [3.8, 4) is 11.3 Å². The number of hydrogen-bond donors (Lipinski definition) is 2. The van der Waals surface area contributed by atoms with Crippen molar-refractivity contribution < 1.29 is 19.0 Å². The second-order valence-electron chi connectivity index (χ2n) is 8.87. The molecule has 1 fully saturated rings. The fourth-order valence-electron chi connectivity index (χ4n) is 4.68. The van der Waals surface area contributed by atoms with Crippen molar-refractivity contribution >= 4 is 23.5 Å². The van der Waals surface area contributed by atoms with Crippen molar-refractivity contribution in [2.45, 2.75) is 37.6 Å². The summed E-state index contributed by atoms with van der Waals surface area (Å²) in [6.45, 7) is 0.969. The number of benzene rings is 1. The molecule has 0 radical (unpaired) electrons. The summed E-state index contributed by atoms with van der Waals surface area (Å²) < 4.78 is 22.0. The first-order valence-electron chi connectivity index (χ1n) is 11.7. The van der Waals surface area contributed by atoms with E-state index < -0.39 is 12.2 Å². The Bertz CT molecular complexity index is 1200. The number of anilines is 1. The van der Waals surface area contributed by atoms with Crippen molar-refractivity contribution in [2.24, 2.45) is 0 Å². The summed E-state index contributed by atoms with van der Waals surface area (Å²) in [5.41, 5.74) is 2.33. The minimum absolute atomic E-state index is 0.0313. The second kappa shape index (κ2) is 10.3. The van der Waals surface area contributed by atoms with Gasteiger partial charge < -0.3 is 24.6 Å². The van der Waals surface area contributed by atoms with Gasteiger partial charge in [-0.15, -0.1) is 0 Å². The third-order valence-corrected chi connectivity index (χ3v) is 6.69. The molecule has 2 aliphatic heterocycles. The molecule has 0 aliphatic carbocycles. The second-order valence-corrected chi connectivity index (χ2v) is 9.31. The Morgan fingerprint density at radius 1 is 1.23 bits per heavy atom. The highest BCUT2D eigenvalue weighted by atomic mass is 35.5. The number of rotatable bonds is 6. The first-order chi connectivity index (χ1) is 17.0. The molecule has 10 heteroatoms. The standard InChI is InChI=1S/C25H27ClFN5O3/c26-18-3-1-2-16(10-18)23(15-33)32-14-19(27)13-31-12-17(11-22(31)24(32)34)21-4-7-28-25(30-21)29-20-5-8-35-9-6-20/h1-4,7,10-12,19-20,23,33H,5-6,8-9,13-15H2,(H,28,29,30)/t19-,23-/m1/s1. The zero-order valence-electron chi connectivity index (χ0n) is 19.1. The van der Waals surface area contributed by atoms with Crippen LogP contribution >= 0.6 is 11.6 Å². The average molecular weight is 500 g/mol. The number of aliphatic hydroxyl groups is 1. The Labute approximate surface area is 207 Å². The Morgan fingerprint density at radius 3 is 2.83 bits per heavy atom. The molecule has 2 aromatic heterocycles. The molecular formula is C25H27ClFN5O3. The van der Waals surface area contributed by atoms with Gasteiger partial charge in [-0.25, -0.2) is 14.4 Å². The minimum Gasteiger partial charge on any atom is -0.394 e. The minimum atomic E-state index is -1.30. The molecule has 2 N–H and O–H groups in total. The summed E-state index contributed by atoms with van der Waals surface area (Å²) in [5.74, 6) is 0.151. The van der Waals surface area contributed by atoms with Gasteiger partial charge in [0.15, 0.2) is 0 Å². The molecule has 4 heterocycles. The van der Waals surface area contributed by atoms with Crippen LogP contribution in [0.4, 0.5) is 10.3 Å². The van der Waals surface area contributed by atoms with Crippen LogP contribution in [0.3, 0.4) is 0 Å². The van der Waals surface area contributed by atoms with E-state index >= 15 is 4.39 Å². The van der Waals surface area contributed by atoms with Gasteiger partial charge in [0.25, 0.3) is 5.91 Å². The average Bonchev–Trinajstić information content (AvgIpc) is 3.23. The molecule has 0 bridgehead atoms. The van der Waals surface area contributed by atoms with Crippen LogP contribution in [0, 0.1) is 0 Å². The van der Waals surface area contributed by atoms with E-state index in [0.717, 1.165) is 12.8 Å². The number of carbonyl (C=O) groups is 1. The fourth-order valence-corrected chi connectivity index (χ4v) is 4.87. The van der Waals surface area contributed by atoms with Gasteiger partial charge >= 0.3 is 0 Å². The lowest BCUT2D eigenvalue weighted by molar-refractivity contribution is 0.0535. The van der Waals surface area contributed by atoms with Gasteiger partial charge in [0.05, 0.1) is 31.4 Å². The molecule has 3 aromatic rings. The summed E-state index contributed by atoms with van der Waals surface area (Å²) in [6, 6.07) is 9.95. The lowest BCUT2D eigenvalue weighted by Gasteiger charge is -2.30. The highest BCUT2D eigenvalue weighted by Crippen LogP contribution is 2.30. The molecule has 0 spiro atoms. The lowest BCUT2D eigenvalue weighted by Crippen LogP contribution is -2.39. The Morgan fingerprint density at radius 2 is 2.06 bits per heavy atom. The van der Waals surface area contributed by atoms with E-state index in [4.69, 9.17) is 16.3 Å². The first kappa shape index (κ1) is 23.7. The number of halogens is 2. The van der Waals surface area contributed by atoms with Crippen LogP contribution in [0.25, 0.3) is 11.3 Å². The number of aliphatic hydroxyl groups excluding tert-OH is 1. The van der Waals surface area contributed by atoms with Crippen LogP contribution < -0.4 is 5.32 Å². The molecule has 1 amide bonds. The zero-order chi connectivity index (χ0) is 24.4. The number of ether oxygens (including phenoxy) is 1. The fraction of sp³-hybridized carbons (Fsp3) is 0.400. The third kappa shape index (κ3) is 5.17. The number of alkyl halides is 1. The Kier molecular flexibility index (Phi) is 6.99. The number of amides is 1. The Hall–Kier alpha value is -3.01. The van der Waals surface area contributed by atoms with Crippen LogP contribution in [0.2, 0.25) is 5.02 Å². The normalized spacial score (nSPS) is 19.8. The molecular weight excluding hydrogens is 473 g/mol. The van der Waals surface area contributed by atoms with E-state index in [1.54, 1.807) is 53.4 Å². The molecule has 2 atom stereocenters. The lowest BCUT2D eigenvalue weighted by atomic mass is 10.0. The van der Waals surface area contributed by atoms with E-state index in [-0.39, 0.29) is 31.6 Å². The quantitative estimate of drug-likeness (QED) is 0.537. The SMILES string of the molecule is O=C1c2cc(-c3ccnc(NC4CCOCC4)n3)cn2C[C@@H](F)CN1[C@H](CO)c1cccc(Cl)c1. The number of fused-ring (bicyclic) bond motifs is 1. The molecule has 0 unspecified atom stereocenters. The van der Waals surface area contributed by atoms with E-state index in [0.29, 0.717) is 46.7 Å². The zero-order valence-corrected chi connectivity index (χ0v) is 19.9. The van der Waals surface area contributed by atoms with Crippen LogP contribution in [0.1, 0.15) is 34.9 Å². The molecule has 35 heavy (non-hydrogen) atoms. The summed E-state index contributed by atoms with van der Waals surface area (Å²) >= 11 is 6.12. The van der Waals surface area contributed by atoms with Crippen LogP contribution in [0.5, 0.6) is 0 Å². The third-order valence-electron chi connectivity index (χ3n) is 6.45. The molecule has 8 nitrogen and oxygen atoms in total. The summed E-state index contributed by atoms with van der Waals surface area (Å²) in [7, 11) is 0. The topological polar surface area (TPSA) is 92.5 Å². The van der Waals surface area contributed by atoms with Crippen molar-refractivity contribution in [2.75, 3.05) is 31.7 Å². The number of carbonyl (C=O) groups excluding carboxylic acids is 1. The van der Waals surface area contributed by atoms with Gasteiger partial charge in [-0.2, -0.15) is 0 Å². The Balaban J connectivity index is 1.43. The van der Waals surface area contributed by atoms with Gasteiger partial charge in [0.2, 0.25) is 5.95 Å². The predicted octanol–water partition coefficient (Wildman–Crippen LogP) is 3.72. The molecule has 0 saturated carbocycles. The van der Waals surface area contributed by atoms with E-state index in [1.165, 1.54) is 4.90 Å². The summed E-state index contributed by atoms with van der Waals surface area (Å²) in [6.07, 6.45) is 3.88. The highest BCUT2D eigenvalue weighted by molar-refractivity contribution is 6.30. The van der Waals surface area contributed by atoms with Crippen LogP contribution in [0.15, 0.2) is 48.8 Å². The molecule has 2 aliphatic rings. The van der Waals surface area contributed by atoms with Gasteiger partial charge in [0.1, 0.15) is 11.9 Å². The predicted molar refractivity (Wildman–Crippen MR) is 130 cm³/mol. The van der Waals surface area contributed by atoms with Gasteiger partial charge in [-0.1, -0.05) is 23.7 Å². The molecule has 184 valence electrons. The first-order valence-corrected chi connectivity index (χ1v) is 12.1. The molecule has 5 rings (SSSR count). The van der Waals surface area contributed by atoms with Crippen LogP contribution in [-0.4, -0.2) is 69.0 Å². The van der Waals surface area contributed by atoms with E-state index in [9.17, 15) is 9.90 Å². The highest BCUT2D eigenvalue weighted by Gasteiger charge is 2.34. The number of nitrogens with zero attached hydrogens (tertiary/aromatic N) is 4. The van der Waals surface area contributed by atoms with Crippen molar-refractivity contribution in [1.82, 2.24) is 19.4 Å². The maximum atomic E-state index is 15.0. The van der Waals surface area contributed by atoms with Gasteiger partial charge in [0, 0.05) is 42.2 Å². The summed E-state index contributed by atoms with van der Waals surface area (Å²) in [4.78, 5) is 23.9. The molecule has 1 saturated heterocycles. The van der Waals surface area contributed by atoms with Crippen molar-refractivity contribution in [1.29, 1.82) is 0 Å². The number of hydrogen-bond acceptors (Lipinski definition) is 6. The number of nitrogens with one attached hydrogen (secondary N) is 1. The summed E-state index contributed by atoms with van der Waals surface area (Å²) in [5, 5.41) is 14.0. The van der Waals surface area contributed by atoms with Crippen LogP contribution in [-0.2, 0) is 11.3 Å². The van der Waals surface area contributed by atoms with Gasteiger partial charge in [-0.3, -0.25) is 4.79 Å². The maximum Gasteiger partial charge on any atom is 0.271 e. The monoisotopic (exact) mass is 499 g/mol. The molecule has 1 aromatic carbocycles. The van der Waals surface area contributed by atoms with Gasteiger partial charge in [-0.05, 0) is 42.7 Å².